The third-order valence-corrected chi connectivity index (χ3v) is 2.93. The average molecular weight is 270 g/mol. The predicted molar refractivity (Wildman–Crippen MR) is 71.5 cm³/mol. The van der Waals surface area contributed by atoms with Crippen molar-refractivity contribution in [1.82, 2.24) is 5.32 Å². The monoisotopic (exact) mass is 269 g/mol. The Morgan fingerprint density at radius 1 is 1.53 bits per heavy atom. The van der Waals surface area contributed by atoms with Crippen LogP contribution in [-0.2, 0) is 0 Å². The quantitative estimate of drug-likeness (QED) is 0.833. The van der Waals surface area contributed by atoms with E-state index in [4.69, 9.17) is 29.6 Å². The minimum absolute atomic E-state index is 0.0393. The molecule has 90 valence electrons. The smallest absolute Gasteiger partial charge is 0.253 e. The van der Waals surface area contributed by atoms with E-state index in [1.807, 2.05) is 6.92 Å². The lowest BCUT2D eigenvalue weighted by molar-refractivity contribution is 0.0937. The van der Waals surface area contributed by atoms with Crippen molar-refractivity contribution in [3.05, 3.63) is 33.8 Å². The first-order valence-corrected chi connectivity index (χ1v) is 6.03. The standard InChI is InChI=1S/C13H13Cl2NO/c1-3-5-10(4-2)16-13(17)11-8-9(14)6-7-12(11)15/h1,6-8,10H,4-5H2,2H3,(H,16,17). The third kappa shape index (κ3) is 3.96. The van der Waals surface area contributed by atoms with Crippen molar-refractivity contribution in [2.45, 2.75) is 25.8 Å². The van der Waals surface area contributed by atoms with E-state index in [2.05, 4.69) is 11.2 Å². The highest BCUT2D eigenvalue weighted by atomic mass is 35.5. The van der Waals surface area contributed by atoms with Gasteiger partial charge in [-0.2, -0.15) is 0 Å². The molecular weight excluding hydrogens is 257 g/mol. The number of benzene rings is 1. The van der Waals surface area contributed by atoms with Crippen molar-refractivity contribution in [3.8, 4) is 12.3 Å². The molecule has 1 aromatic carbocycles. The lowest BCUT2D eigenvalue weighted by Gasteiger charge is -2.14. The second kappa shape index (κ2) is 6.54. The van der Waals surface area contributed by atoms with Gasteiger partial charge in [-0.25, -0.2) is 0 Å². The Balaban J connectivity index is 2.82. The Bertz CT molecular complexity index is 451. The maximum Gasteiger partial charge on any atom is 0.253 e. The van der Waals surface area contributed by atoms with Crippen LogP contribution < -0.4 is 5.32 Å². The molecule has 4 heteroatoms. The van der Waals surface area contributed by atoms with Crippen molar-refractivity contribution in [1.29, 1.82) is 0 Å². The van der Waals surface area contributed by atoms with Gasteiger partial charge in [0.1, 0.15) is 0 Å². The van der Waals surface area contributed by atoms with Crippen LogP contribution in [0.2, 0.25) is 10.0 Å². The molecule has 0 aliphatic carbocycles. The number of halogens is 2. The summed E-state index contributed by atoms with van der Waals surface area (Å²) in [5.74, 6) is 2.28. The first-order valence-electron chi connectivity index (χ1n) is 5.27. The first kappa shape index (κ1) is 13.9. The molecule has 1 unspecified atom stereocenters. The lowest BCUT2D eigenvalue weighted by atomic mass is 10.1. The fourth-order valence-corrected chi connectivity index (χ4v) is 1.75. The fraction of sp³-hybridized carbons (Fsp3) is 0.308. The zero-order valence-electron chi connectivity index (χ0n) is 9.47. The highest BCUT2D eigenvalue weighted by Crippen LogP contribution is 2.20. The molecule has 0 spiro atoms. The Morgan fingerprint density at radius 3 is 2.82 bits per heavy atom. The second-order valence-electron chi connectivity index (χ2n) is 3.61. The van der Waals surface area contributed by atoms with E-state index in [1.54, 1.807) is 18.2 Å². The number of hydrogen-bond donors (Lipinski definition) is 1. The van der Waals surface area contributed by atoms with E-state index in [-0.39, 0.29) is 11.9 Å². The van der Waals surface area contributed by atoms with Gasteiger partial charge < -0.3 is 5.32 Å². The molecule has 0 bridgehead atoms. The maximum atomic E-state index is 11.9. The SMILES string of the molecule is C#CCC(CC)NC(=O)c1cc(Cl)ccc1Cl. The van der Waals surface area contributed by atoms with Gasteiger partial charge in [-0.15, -0.1) is 12.3 Å². The summed E-state index contributed by atoms with van der Waals surface area (Å²) < 4.78 is 0. The van der Waals surface area contributed by atoms with Crippen LogP contribution in [0, 0.1) is 12.3 Å². The Labute approximate surface area is 111 Å². The van der Waals surface area contributed by atoms with Crippen LogP contribution in [0.1, 0.15) is 30.1 Å². The Hall–Kier alpha value is -1.17. The van der Waals surface area contributed by atoms with Crippen LogP contribution in [-0.4, -0.2) is 11.9 Å². The molecule has 1 rings (SSSR count). The van der Waals surface area contributed by atoms with Crippen molar-refractivity contribution < 1.29 is 4.79 Å². The largest absolute Gasteiger partial charge is 0.348 e. The van der Waals surface area contributed by atoms with E-state index in [9.17, 15) is 4.79 Å². The normalized spacial score (nSPS) is 11.6. The van der Waals surface area contributed by atoms with Gasteiger partial charge in [0.25, 0.3) is 5.91 Å². The summed E-state index contributed by atoms with van der Waals surface area (Å²) in [6.07, 6.45) is 6.50. The van der Waals surface area contributed by atoms with Gasteiger partial charge in [-0.05, 0) is 24.6 Å². The summed E-state index contributed by atoms with van der Waals surface area (Å²) in [6, 6.07) is 4.74. The van der Waals surface area contributed by atoms with Gasteiger partial charge in [0.2, 0.25) is 0 Å². The molecule has 1 atom stereocenters. The lowest BCUT2D eigenvalue weighted by Crippen LogP contribution is -2.34. The van der Waals surface area contributed by atoms with Crippen LogP contribution in [0.4, 0.5) is 0 Å². The van der Waals surface area contributed by atoms with Gasteiger partial charge in [0, 0.05) is 17.5 Å². The zero-order chi connectivity index (χ0) is 12.8. The number of carbonyl (C=O) groups excluding carboxylic acids is 1. The molecule has 17 heavy (non-hydrogen) atoms. The summed E-state index contributed by atoms with van der Waals surface area (Å²) in [7, 11) is 0. The molecule has 0 aliphatic rings. The van der Waals surface area contributed by atoms with E-state index in [1.165, 1.54) is 0 Å². The van der Waals surface area contributed by atoms with Gasteiger partial charge in [-0.1, -0.05) is 30.1 Å². The molecule has 1 amide bonds. The second-order valence-corrected chi connectivity index (χ2v) is 4.45. The molecule has 0 saturated heterocycles. The average Bonchev–Trinajstić information content (AvgIpc) is 2.31. The minimum Gasteiger partial charge on any atom is -0.348 e. The van der Waals surface area contributed by atoms with E-state index in [0.717, 1.165) is 6.42 Å². The van der Waals surface area contributed by atoms with Crippen LogP contribution >= 0.6 is 23.2 Å². The summed E-state index contributed by atoms with van der Waals surface area (Å²) in [4.78, 5) is 11.9. The Morgan fingerprint density at radius 2 is 2.24 bits per heavy atom. The molecule has 0 radical (unpaired) electrons. The molecule has 2 nitrogen and oxygen atoms in total. The molecule has 1 aromatic rings. The van der Waals surface area contributed by atoms with Gasteiger partial charge >= 0.3 is 0 Å². The van der Waals surface area contributed by atoms with E-state index >= 15 is 0 Å². The molecule has 0 aromatic heterocycles. The van der Waals surface area contributed by atoms with Gasteiger partial charge in [0.05, 0.1) is 10.6 Å². The fourth-order valence-electron chi connectivity index (χ4n) is 1.37. The van der Waals surface area contributed by atoms with Crippen molar-refractivity contribution in [2.75, 3.05) is 0 Å². The molecule has 1 N–H and O–H groups in total. The molecule has 0 fully saturated rings. The zero-order valence-corrected chi connectivity index (χ0v) is 11.0. The number of rotatable bonds is 4. The highest BCUT2D eigenvalue weighted by molar-refractivity contribution is 6.35. The molecular formula is C13H13Cl2NO. The minimum atomic E-state index is -0.250. The molecule has 0 saturated carbocycles. The van der Waals surface area contributed by atoms with Gasteiger partial charge in [0.15, 0.2) is 0 Å². The van der Waals surface area contributed by atoms with Crippen LogP contribution in [0.25, 0.3) is 0 Å². The topological polar surface area (TPSA) is 29.1 Å². The van der Waals surface area contributed by atoms with Crippen LogP contribution in [0.3, 0.4) is 0 Å². The summed E-state index contributed by atoms with van der Waals surface area (Å²) in [5.41, 5.74) is 0.370. The molecule has 0 heterocycles. The van der Waals surface area contributed by atoms with Crippen molar-refractivity contribution in [2.24, 2.45) is 0 Å². The van der Waals surface area contributed by atoms with E-state index < -0.39 is 0 Å². The maximum absolute atomic E-state index is 11.9. The number of amides is 1. The van der Waals surface area contributed by atoms with Crippen LogP contribution in [0.5, 0.6) is 0 Å². The number of hydrogen-bond acceptors (Lipinski definition) is 1. The number of terminal acetylenes is 1. The van der Waals surface area contributed by atoms with E-state index in [0.29, 0.717) is 22.0 Å². The number of nitrogens with one attached hydrogen (secondary N) is 1. The summed E-state index contributed by atoms with van der Waals surface area (Å²) >= 11 is 11.8. The first-order chi connectivity index (χ1) is 8.08. The van der Waals surface area contributed by atoms with Crippen molar-refractivity contribution >= 4 is 29.1 Å². The van der Waals surface area contributed by atoms with Crippen LogP contribution in [0.15, 0.2) is 18.2 Å². The predicted octanol–water partition coefficient (Wildman–Crippen LogP) is 3.53. The summed E-state index contributed by atoms with van der Waals surface area (Å²) in [5, 5.41) is 3.68. The van der Waals surface area contributed by atoms with Crippen molar-refractivity contribution in [3.63, 3.8) is 0 Å². The highest BCUT2D eigenvalue weighted by Gasteiger charge is 2.14. The van der Waals surface area contributed by atoms with Gasteiger partial charge in [-0.3, -0.25) is 4.79 Å². The summed E-state index contributed by atoms with van der Waals surface area (Å²) in [6.45, 7) is 1.96. The molecule has 0 aliphatic heterocycles. The third-order valence-electron chi connectivity index (χ3n) is 2.37. The number of carbonyl (C=O) groups is 1. The Kier molecular flexibility index (Phi) is 5.34.